The maximum atomic E-state index is 12.5. The Balaban J connectivity index is 1.21. The lowest BCUT2D eigenvalue weighted by Gasteiger charge is -2.42. The number of aromatic hydroxyl groups is 3. The summed E-state index contributed by atoms with van der Waals surface area (Å²) >= 11 is 0. The van der Waals surface area contributed by atoms with Gasteiger partial charge in [-0.2, -0.15) is 0 Å². The van der Waals surface area contributed by atoms with E-state index in [2.05, 4.69) is 0 Å². The first kappa shape index (κ1) is 38.2. The molecule has 0 saturated carbocycles. The predicted octanol–water partition coefficient (Wildman–Crippen LogP) is 0.616. The smallest absolute Gasteiger partial charge is 0.330 e. The number of ether oxygens (including phenoxy) is 6. The highest BCUT2D eigenvalue weighted by atomic mass is 16.8. The van der Waals surface area contributed by atoms with Crippen molar-refractivity contribution >= 4 is 23.9 Å². The lowest BCUT2D eigenvalue weighted by molar-refractivity contribution is -0.318. The number of methoxy groups -OCH3 is 1. The fourth-order valence-electron chi connectivity index (χ4n) is 5.34. The highest BCUT2D eigenvalue weighted by Crippen LogP contribution is 2.33. The number of benzene rings is 3. The Bertz CT molecular complexity index is 1770. The van der Waals surface area contributed by atoms with Crippen molar-refractivity contribution in [3.05, 3.63) is 89.5 Å². The Hall–Kier alpha value is -5.04. The van der Waals surface area contributed by atoms with Gasteiger partial charge in [0.25, 0.3) is 0 Å². The van der Waals surface area contributed by atoms with Crippen LogP contribution in [0, 0.1) is 0 Å². The van der Waals surface area contributed by atoms with Crippen molar-refractivity contribution in [3.8, 4) is 28.7 Å². The minimum atomic E-state index is -2.13. The summed E-state index contributed by atoms with van der Waals surface area (Å²) in [7, 11) is 1.37. The second-order valence-corrected chi connectivity index (χ2v) is 12.0. The van der Waals surface area contributed by atoms with E-state index in [1.54, 1.807) is 12.1 Å². The Kier molecular flexibility index (Phi) is 12.1. The maximum absolute atomic E-state index is 12.5. The third kappa shape index (κ3) is 8.87. The van der Waals surface area contributed by atoms with Gasteiger partial charge in [0.2, 0.25) is 6.29 Å². The molecule has 8 N–H and O–H groups in total. The summed E-state index contributed by atoms with van der Waals surface area (Å²) in [5, 5.41) is 82.2. The third-order valence-electron chi connectivity index (χ3n) is 8.31. The normalized spacial score (nSPS) is 27.5. The number of phenols is 3. The molecule has 3 aromatic rings. The molecule has 0 unspecified atom stereocenters. The summed E-state index contributed by atoms with van der Waals surface area (Å²) in [5.41, 5.74) is -1.08. The highest BCUT2D eigenvalue weighted by Gasteiger charge is 2.54. The van der Waals surface area contributed by atoms with Crippen LogP contribution in [0.2, 0.25) is 0 Å². The topological polar surface area (TPSA) is 251 Å². The molecule has 16 heteroatoms. The van der Waals surface area contributed by atoms with Gasteiger partial charge in [-0.25, -0.2) is 4.79 Å². The molecule has 0 spiro atoms. The van der Waals surface area contributed by atoms with Crippen molar-refractivity contribution in [2.24, 2.45) is 0 Å². The van der Waals surface area contributed by atoms with Gasteiger partial charge in [0.05, 0.1) is 25.9 Å². The Morgan fingerprint density at radius 3 is 2.29 bits per heavy atom. The van der Waals surface area contributed by atoms with E-state index in [-0.39, 0.29) is 34.3 Å². The van der Waals surface area contributed by atoms with Crippen molar-refractivity contribution < 1.29 is 78.9 Å². The number of hydrogen-bond donors (Lipinski definition) is 8. The highest BCUT2D eigenvalue weighted by molar-refractivity contribution is 6.08. The van der Waals surface area contributed by atoms with Crippen LogP contribution in [0.1, 0.15) is 21.5 Å². The van der Waals surface area contributed by atoms with E-state index in [1.807, 2.05) is 0 Å². The maximum Gasteiger partial charge on any atom is 0.330 e. The summed E-state index contributed by atoms with van der Waals surface area (Å²) in [5.74, 6) is -1.68. The fraction of sp³-hybridized carbons (Fsp3) is 0.333. The van der Waals surface area contributed by atoms with Gasteiger partial charge in [-0.05, 0) is 59.7 Å². The average Bonchev–Trinajstić information content (AvgIpc) is 3.41. The number of esters is 1. The lowest BCUT2D eigenvalue weighted by Crippen LogP contribution is -2.62. The van der Waals surface area contributed by atoms with Crippen molar-refractivity contribution in [1.82, 2.24) is 0 Å². The molecule has 278 valence electrons. The van der Waals surface area contributed by atoms with Crippen molar-refractivity contribution in [1.29, 1.82) is 0 Å². The summed E-state index contributed by atoms with van der Waals surface area (Å²) in [6.07, 6.45) is -5.97. The molecule has 0 aromatic heterocycles. The van der Waals surface area contributed by atoms with Crippen LogP contribution < -0.4 is 9.47 Å². The van der Waals surface area contributed by atoms with Crippen LogP contribution in [0.4, 0.5) is 0 Å². The zero-order valence-electron chi connectivity index (χ0n) is 27.6. The van der Waals surface area contributed by atoms with Gasteiger partial charge in [-0.15, -0.1) is 0 Å². The van der Waals surface area contributed by atoms with Crippen molar-refractivity contribution in [2.45, 2.75) is 48.7 Å². The van der Waals surface area contributed by atoms with Crippen LogP contribution in [0.25, 0.3) is 12.2 Å². The van der Waals surface area contributed by atoms with E-state index in [1.165, 1.54) is 67.8 Å². The number of phenolic OH excluding ortho intramolecular Hbond substituents is 3. The Morgan fingerprint density at radius 1 is 0.885 bits per heavy atom. The zero-order chi connectivity index (χ0) is 37.6. The van der Waals surface area contributed by atoms with Crippen LogP contribution in [0.3, 0.4) is 0 Å². The average molecular weight is 727 g/mol. The molecular weight excluding hydrogens is 688 g/mol. The Labute approximate surface area is 296 Å². The zero-order valence-corrected chi connectivity index (χ0v) is 27.6. The largest absolute Gasteiger partial charge is 0.508 e. The number of aliphatic hydroxyl groups is 5. The molecule has 2 aliphatic heterocycles. The SMILES string of the molecule is COc1cc(/C=C/C(=O)OC[C@]2(O)CO[C@@H](O[C@@H]3[C@H](Oc4ccc(/C=C/C(=O)c5ccc(O)cc5O)cc4)O[C@@H](CO)[C@@H](O)[C@@H]3O)[C@H]2O)ccc1O. The summed E-state index contributed by atoms with van der Waals surface area (Å²) in [4.78, 5) is 24.8. The number of aliphatic hydroxyl groups excluding tert-OH is 4. The summed E-state index contributed by atoms with van der Waals surface area (Å²) in [6.45, 7) is -1.95. The first-order valence-corrected chi connectivity index (χ1v) is 15.8. The van der Waals surface area contributed by atoms with Gasteiger partial charge in [-0.3, -0.25) is 4.79 Å². The molecule has 0 radical (unpaired) electrons. The molecular formula is C36H38O16. The second kappa shape index (κ2) is 16.5. The van der Waals surface area contributed by atoms with Crippen LogP contribution >= 0.6 is 0 Å². The fourth-order valence-corrected chi connectivity index (χ4v) is 5.34. The van der Waals surface area contributed by atoms with Gasteiger partial charge in [0.1, 0.15) is 48.3 Å². The number of allylic oxidation sites excluding steroid dienone is 1. The van der Waals surface area contributed by atoms with Crippen LogP contribution in [-0.2, 0) is 23.7 Å². The van der Waals surface area contributed by atoms with E-state index in [0.29, 0.717) is 11.1 Å². The molecule has 52 heavy (non-hydrogen) atoms. The van der Waals surface area contributed by atoms with E-state index in [0.717, 1.165) is 12.1 Å². The minimum absolute atomic E-state index is 0.00900. The van der Waals surface area contributed by atoms with E-state index >= 15 is 0 Å². The first-order chi connectivity index (χ1) is 24.8. The second-order valence-electron chi connectivity index (χ2n) is 12.0. The van der Waals surface area contributed by atoms with Crippen LogP contribution in [0.15, 0.2) is 72.8 Å². The number of rotatable bonds is 13. The standard InChI is InChI=1S/C36H38O16/c1-47-27-14-20(5-12-25(27)40)6-13-29(42)48-17-36(46)18-49-35(33(36)45)52-32-31(44)30(43)28(16-37)51-34(32)50-22-8-2-19(3-9-22)4-11-24(39)23-10-7-21(38)15-26(23)41/h2-15,28,30-35,37-38,40-41,43-46H,16-18H2,1H3/b11-4+,13-6+/t28-,30+,31-,32-,33+,34+,35-,36-/m0/s1. The van der Waals surface area contributed by atoms with Crippen molar-refractivity contribution in [2.75, 3.05) is 26.9 Å². The molecule has 2 saturated heterocycles. The van der Waals surface area contributed by atoms with E-state index < -0.39 is 80.3 Å². The van der Waals surface area contributed by atoms with Gasteiger partial charge < -0.3 is 69.3 Å². The molecule has 5 rings (SSSR count). The monoisotopic (exact) mass is 726 g/mol. The number of carbonyl (C=O) groups excluding carboxylic acids is 2. The summed E-state index contributed by atoms with van der Waals surface area (Å²) in [6, 6.07) is 14.1. The van der Waals surface area contributed by atoms with Gasteiger partial charge >= 0.3 is 5.97 Å². The molecule has 0 amide bonds. The van der Waals surface area contributed by atoms with Crippen molar-refractivity contribution in [3.63, 3.8) is 0 Å². The molecule has 2 fully saturated rings. The number of ketones is 1. The van der Waals surface area contributed by atoms with E-state index in [9.17, 15) is 50.4 Å². The molecule has 2 heterocycles. The molecule has 0 aliphatic carbocycles. The number of carbonyl (C=O) groups is 2. The third-order valence-corrected chi connectivity index (χ3v) is 8.31. The first-order valence-electron chi connectivity index (χ1n) is 15.8. The van der Waals surface area contributed by atoms with Gasteiger partial charge in [0.15, 0.2) is 35.3 Å². The molecule has 0 bridgehead atoms. The molecule has 3 aromatic carbocycles. The quantitative estimate of drug-likeness (QED) is 0.0683. The molecule has 16 nitrogen and oxygen atoms in total. The number of hydrogen-bond acceptors (Lipinski definition) is 16. The van der Waals surface area contributed by atoms with Crippen LogP contribution in [-0.4, -0.2) is 128 Å². The molecule has 8 atom stereocenters. The van der Waals surface area contributed by atoms with Gasteiger partial charge in [-0.1, -0.05) is 24.3 Å². The van der Waals surface area contributed by atoms with Crippen LogP contribution in [0.5, 0.6) is 28.7 Å². The lowest BCUT2D eigenvalue weighted by atomic mass is 9.98. The summed E-state index contributed by atoms with van der Waals surface area (Å²) < 4.78 is 32.9. The predicted molar refractivity (Wildman–Crippen MR) is 178 cm³/mol. The minimum Gasteiger partial charge on any atom is -0.508 e. The van der Waals surface area contributed by atoms with Gasteiger partial charge in [0, 0.05) is 12.1 Å². The molecule has 2 aliphatic rings. The van der Waals surface area contributed by atoms with E-state index in [4.69, 9.17) is 28.4 Å². The Morgan fingerprint density at radius 2 is 1.60 bits per heavy atom.